The normalized spacial score (nSPS) is 13.2. The second kappa shape index (κ2) is 2.69. The van der Waals surface area contributed by atoms with E-state index >= 15 is 0 Å². The van der Waals surface area contributed by atoms with Gasteiger partial charge in [0.15, 0.2) is 6.54 Å². The fraction of sp³-hybridized carbons (Fsp3) is 0.800. The van der Waals surface area contributed by atoms with Crippen molar-refractivity contribution in [3.63, 3.8) is 0 Å². The Kier molecular flexibility index (Phi) is 2.50. The summed E-state index contributed by atoms with van der Waals surface area (Å²) < 4.78 is 33.6. The SMILES string of the molecule is C[N+](C)(CC(F)(F)F)C(=O)[O-]. The maximum Gasteiger partial charge on any atom is 0.438 e. The molecular weight excluding hydrogens is 163 g/mol. The highest BCUT2D eigenvalue weighted by Crippen LogP contribution is 2.18. The Balaban J connectivity index is 4.25. The molecule has 0 aromatic rings. The summed E-state index contributed by atoms with van der Waals surface area (Å²) in [5.74, 6) is 0. The molecule has 0 unspecified atom stereocenters. The van der Waals surface area contributed by atoms with Crippen LogP contribution in [0.25, 0.3) is 0 Å². The summed E-state index contributed by atoms with van der Waals surface area (Å²) in [6, 6.07) is 0. The van der Waals surface area contributed by atoms with E-state index in [1.165, 1.54) is 0 Å². The molecule has 6 heteroatoms. The van der Waals surface area contributed by atoms with Gasteiger partial charge in [-0.3, -0.25) is 4.48 Å². The van der Waals surface area contributed by atoms with Gasteiger partial charge in [0.2, 0.25) is 0 Å². The number of quaternary nitrogens is 1. The number of nitrogens with zero attached hydrogens (tertiary/aromatic N) is 1. The number of amides is 1. The standard InChI is InChI=1S/C5H8F3NO2/c1-9(2,4(10)11)3-5(6,7)8/h3H2,1-2H3. The van der Waals surface area contributed by atoms with E-state index in [1.54, 1.807) is 0 Å². The lowest BCUT2D eigenvalue weighted by molar-refractivity contribution is -0.849. The number of carbonyl (C=O) groups excluding carboxylic acids is 1. The quantitative estimate of drug-likeness (QED) is 0.520. The first-order valence-corrected chi connectivity index (χ1v) is 2.76. The summed E-state index contributed by atoms with van der Waals surface area (Å²) in [4.78, 5) is 10.1. The Hall–Kier alpha value is -0.780. The largest absolute Gasteiger partial charge is 0.498 e. The van der Waals surface area contributed by atoms with Gasteiger partial charge in [-0.25, -0.2) is 0 Å². The molecule has 1 amide bonds. The Morgan fingerprint density at radius 1 is 1.45 bits per heavy atom. The maximum absolute atomic E-state index is 11.6. The van der Waals surface area contributed by atoms with Crippen LogP contribution in [0.2, 0.25) is 0 Å². The minimum atomic E-state index is -4.48. The van der Waals surface area contributed by atoms with Gasteiger partial charge in [0, 0.05) is 0 Å². The molecule has 0 N–H and O–H groups in total. The smallest absolute Gasteiger partial charge is 0.438 e. The third-order valence-corrected chi connectivity index (χ3v) is 1.07. The van der Waals surface area contributed by atoms with Crippen LogP contribution in [0.3, 0.4) is 0 Å². The van der Waals surface area contributed by atoms with Crippen molar-refractivity contribution in [2.75, 3.05) is 20.6 Å². The van der Waals surface area contributed by atoms with Crippen LogP contribution < -0.4 is 5.11 Å². The third kappa shape index (κ3) is 3.82. The number of rotatable bonds is 1. The molecular formula is C5H8F3NO2. The molecule has 0 radical (unpaired) electrons. The topological polar surface area (TPSA) is 40.1 Å². The number of alkyl halides is 3. The second-order valence-corrected chi connectivity index (χ2v) is 2.72. The summed E-state index contributed by atoms with van der Waals surface area (Å²) >= 11 is 0. The van der Waals surface area contributed by atoms with Crippen molar-refractivity contribution in [1.82, 2.24) is 0 Å². The predicted molar refractivity (Wildman–Crippen MR) is 28.4 cm³/mol. The molecule has 3 nitrogen and oxygen atoms in total. The van der Waals surface area contributed by atoms with Crippen molar-refractivity contribution in [3.05, 3.63) is 0 Å². The third-order valence-electron chi connectivity index (χ3n) is 1.07. The first kappa shape index (κ1) is 10.2. The fourth-order valence-electron chi connectivity index (χ4n) is 0.513. The Morgan fingerprint density at radius 2 is 1.82 bits per heavy atom. The van der Waals surface area contributed by atoms with Crippen LogP contribution in [0.15, 0.2) is 0 Å². The molecule has 0 bridgehead atoms. The highest BCUT2D eigenvalue weighted by Gasteiger charge is 2.38. The van der Waals surface area contributed by atoms with Gasteiger partial charge in [-0.05, 0) is 0 Å². The van der Waals surface area contributed by atoms with Crippen molar-refractivity contribution in [1.29, 1.82) is 0 Å². The van der Waals surface area contributed by atoms with Gasteiger partial charge in [0.1, 0.15) is 0 Å². The van der Waals surface area contributed by atoms with Gasteiger partial charge in [-0.1, -0.05) is 0 Å². The van der Waals surface area contributed by atoms with Gasteiger partial charge >= 0.3 is 6.18 Å². The van der Waals surface area contributed by atoms with Crippen molar-refractivity contribution >= 4 is 6.09 Å². The van der Waals surface area contributed by atoms with Crippen LogP contribution >= 0.6 is 0 Å². The van der Waals surface area contributed by atoms with Crippen LogP contribution in [0, 0.1) is 0 Å². The predicted octanol–water partition coefficient (Wildman–Crippen LogP) is -0.0316. The molecule has 66 valence electrons. The second-order valence-electron chi connectivity index (χ2n) is 2.72. The molecule has 0 spiro atoms. The molecule has 0 aliphatic carbocycles. The highest BCUT2D eigenvalue weighted by atomic mass is 19.4. The summed E-state index contributed by atoms with van der Waals surface area (Å²) in [6.07, 6.45) is -6.23. The minimum absolute atomic E-state index is 0.919. The van der Waals surface area contributed by atoms with E-state index in [4.69, 9.17) is 0 Å². The van der Waals surface area contributed by atoms with Gasteiger partial charge in [0.25, 0.3) is 6.09 Å². The first-order valence-electron chi connectivity index (χ1n) is 2.76. The molecule has 0 aromatic carbocycles. The summed E-state index contributed by atoms with van der Waals surface area (Å²) in [7, 11) is 1.84. The van der Waals surface area contributed by atoms with E-state index in [-0.39, 0.29) is 0 Å². The average molecular weight is 171 g/mol. The van der Waals surface area contributed by atoms with Crippen molar-refractivity contribution in [2.45, 2.75) is 6.18 Å². The number of carboxylic acid groups (broad SMARTS) is 1. The summed E-state index contributed by atoms with van der Waals surface area (Å²) in [5, 5.41) is 10.1. The van der Waals surface area contributed by atoms with E-state index in [2.05, 4.69) is 0 Å². The molecule has 11 heavy (non-hydrogen) atoms. The number of hydrogen-bond acceptors (Lipinski definition) is 2. The number of carbonyl (C=O) groups is 1. The molecule has 0 saturated carbocycles. The zero-order chi connectivity index (χ0) is 9.28. The summed E-state index contributed by atoms with van der Waals surface area (Å²) in [5.41, 5.74) is 0. The van der Waals surface area contributed by atoms with E-state index in [0.717, 1.165) is 14.1 Å². The van der Waals surface area contributed by atoms with Gasteiger partial charge in [-0.2, -0.15) is 13.2 Å². The number of halogens is 3. The van der Waals surface area contributed by atoms with E-state index in [1.807, 2.05) is 0 Å². The molecule has 0 heterocycles. The lowest BCUT2D eigenvalue weighted by Crippen LogP contribution is -2.56. The molecule has 0 rings (SSSR count). The van der Waals surface area contributed by atoms with E-state index < -0.39 is 23.3 Å². The number of hydrogen-bond donors (Lipinski definition) is 0. The van der Waals surface area contributed by atoms with Gasteiger partial charge in [0.05, 0.1) is 14.1 Å². The van der Waals surface area contributed by atoms with Crippen molar-refractivity contribution in [3.8, 4) is 0 Å². The minimum Gasteiger partial charge on any atom is -0.498 e. The van der Waals surface area contributed by atoms with E-state index in [9.17, 15) is 23.1 Å². The zero-order valence-corrected chi connectivity index (χ0v) is 6.10. The monoisotopic (exact) mass is 171 g/mol. The van der Waals surface area contributed by atoms with Crippen LogP contribution in [-0.4, -0.2) is 37.4 Å². The summed E-state index contributed by atoms with van der Waals surface area (Å²) in [6.45, 7) is -1.42. The van der Waals surface area contributed by atoms with Crippen LogP contribution in [0.5, 0.6) is 0 Å². The maximum atomic E-state index is 11.6. The molecule has 0 atom stereocenters. The Labute approximate surface area is 61.6 Å². The van der Waals surface area contributed by atoms with Crippen molar-refractivity contribution < 1.29 is 27.6 Å². The van der Waals surface area contributed by atoms with Crippen LogP contribution in [0.1, 0.15) is 0 Å². The van der Waals surface area contributed by atoms with Gasteiger partial charge in [-0.15, -0.1) is 0 Å². The van der Waals surface area contributed by atoms with Crippen LogP contribution in [-0.2, 0) is 0 Å². The molecule has 0 fully saturated rings. The zero-order valence-electron chi connectivity index (χ0n) is 6.10. The lowest BCUT2D eigenvalue weighted by atomic mass is 10.5. The Morgan fingerprint density at radius 3 is 1.91 bits per heavy atom. The highest BCUT2D eigenvalue weighted by molar-refractivity contribution is 5.53. The molecule has 0 aromatic heterocycles. The van der Waals surface area contributed by atoms with Gasteiger partial charge < -0.3 is 9.90 Å². The Bertz CT molecular complexity index is 164. The van der Waals surface area contributed by atoms with E-state index in [0.29, 0.717) is 0 Å². The van der Waals surface area contributed by atoms with Crippen molar-refractivity contribution in [2.24, 2.45) is 0 Å². The molecule has 0 aliphatic heterocycles. The molecule has 0 saturated heterocycles. The average Bonchev–Trinajstić information content (AvgIpc) is 1.56. The molecule has 0 aliphatic rings. The van der Waals surface area contributed by atoms with Crippen LogP contribution in [0.4, 0.5) is 18.0 Å². The lowest BCUT2D eigenvalue weighted by Gasteiger charge is -2.29. The first-order chi connectivity index (χ1) is 4.65. The fourth-order valence-corrected chi connectivity index (χ4v) is 0.513.